The highest BCUT2D eigenvalue weighted by Crippen LogP contribution is 2.16. The predicted molar refractivity (Wildman–Crippen MR) is 91.8 cm³/mol. The van der Waals surface area contributed by atoms with Gasteiger partial charge in [-0.3, -0.25) is 4.79 Å². The fourth-order valence-corrected chi connectivity index (χ4v) is 2.63. The molecule has 1 aliphatic rings. The molecular weight excluding hydrogens is 405 g/mol. The van der Waals surface area contributed by atoms with E-state index in [1.807, 2.05) is 0 Å². The molecule has 0 aromatic heterocycles. The second kappa shape index (κ2) is 9.14. The molecule has 1 aromatic carbocycles. The van der Waals surface area contributed by atoms with Crippen LogP contribution in [-0.2, 0) is 14.6 Å². The summed E-state index contributed by atoms with van der Waals surface area (Å²) in [6.07, 6.45) is 3.95. The van der Waals surface area contributed by atoms with E-state index in [0.717, 1.165) is 38.5 Å². The Morgan fingerprint density at radius 1 is 1.24 bits per heavy atom. The molecule has 0 radical (unpaired) electrons. The van der Waals surface area contributed by atoms with E-state index in [-0.39, 0.29) is 34.8 Å². The number of hydrogen-bond acceptors (Lipinski definition) is 4. The van der Waals surface area contributed by atoms with Crippen LogP contribution in [0, 0.1) is 0 Å². The first-order valence-electron chi connectivity index (χ1n) is 6.39. The number of nitrogens with zero attached hydrogens (tertiary/aromatic N) is 1. The molecular formula is C14H20INO4S. The highest BCUT2D eigenvalue weighted by molar-refractivity contribution is 14.0. The molecule has 21 heavy (non-hydrogen) atoms. The van der Waals surface area contributed by atoms with Gasteiger partial charge in [0, 0.05) is 24.9 Å². The highest BCUT2D eigenvalue weighted by atomic mass is 127. The average molecular weight is 425 g/mol. The number of aldehydes is 1. The SMILES string of the molecule is CC=O.CS(=O)(=O)c1cccc(C(=O)N2CCCC2)c1.I. The third-order valence-electron chi connectivity index (χ3n) is 2.90. The first-order chi connectivity index (χ1) is 9.40. The summed E-state index contributed by atoms with van der Waals surface area (Å²) in [4.78, 5) is 22.8. The number of halogens is 1. The summed E-state index contributed by atoms with van der Waals surface area (Å²) in [7, 11) is -3.25. The Hall–Kier alpha value is -0.960. The Kier molecular flexibility index (Phi) is 8.72. The second-order valence-corrected chi connectivity index (χ2v) is 6.55. The van der Waals surface area contributed by atoms with Gasteiger partial charge in [0.05, 0.1) is 4.90 Å². The number of carbonyl (C=O) groups excluding carboxylic acids is 2. The van der Waals surface area contributed by atoms with Crippen molar-refractivity contribution < 1.29 is 18.0 Å². The molecule has 1 saturated heterocycles. The number of carbonyl (C=O) groups is 2. The smallest absolute Gasteiger partial charge is 0.253 e. The third kappa shape index (κ3) is 6.13. The van der Waals surface area contributed by atoms with Crippen LogP contribution in [0.3, 0.4) is 0 Å². The Morgan fingerprint density at radius 3 is 2.24 bits per heavy atom. The Balaban J connectivity index is 0.000000922. The van der Waals surface area contributed by atoms with Gasteiger partial charge in [-0.2, -0.15) is 0 Å². The van der Waals surface area contributed by atoms with E-state index in [1.165, 1.54) is 19.1 Å². The first kappa shape index (κ1) is 20.0. The van der Waals surface area contributed by atoms with Crippen molar-refractivity contribution >= 4 is 46.0 Å². The molecule has 118 valence electrons. The number of benzene rings is 1. The highest BCUT2D eigenvalue weighted by Gasteiger charge is 2.20. The molecule has 1 fully saturated rings. The lowest BCUT2D eigenvalue weighted by atomic mass is 10.2. The zero-order valence-corrected chi connectivity index (χ0v) is 15.3. The van der Waals surface area contributed by atoms with E-state index < -0.39 is 9.84 Å². The van der Waals surface area contributed by atoms with Gasteiger partial charge >= 0.3 is 0 Å². The van der Waals surface area contributed by atoms with Gasteiger partial charge in [-0.15, -0.1) is 24.0 Å². The van der Waals surface area contributed by atoms with Gasteiger partial charge in [-0.25, -0.2) is 8.42 Å². The minimum atomic E-state index is -3.25. The molecule has 0 unspecified atom stereocenters. The monoisotopic (exact) mass is 425 g/mol. The lowest BCUT2D eigenvalue weighted by Crippen LogP contribution is -2.27. The predicted octanol–water partition coefficient (Wildman–Crippen LogP) is 2.15. The lowest BCUT2D eigenvalue weighted by molar-refractivity contribution is -0.106. The van der Waals surface area contributed by atoms with E-state index in [1.54, 1.807) is 17.0 Å². The van der Waals surface area contributed by atoms with E-state index in [4.69, 9.17) is 4.79 Å². The van der Waals surface area contributed by atoms with Crippen LogP contribution in [-0.4, -0.2) is 44.9 Å². The van der Waals surface area contributed by atoms with Crippen molar-refractivity contribution in [3.8, 4) is 0 Å². The molecule has 2 rings (SSSR count). The summed E-state index contributed by atoms with van der Waals surface area (Å²) >= 11 is 0. The number of amides is 1. The normalized spacial score (nSPS) is 13.7. The van der Waals surface area contributed by atoms with Crippen molar-refractivity contribution in [1.29, 1.82) is 0 Å². The quantitative estimate of drug-likeness (QED) is 0.538. The van der Waals surface area contributed by atoms with Gasteiger partial charge in [-0.1, -0.05) is 6.07 Å². The maximum absolute atomic E-state index is 12.1. The summed E-state index contributed by atoms with van der Waals surface area (Å²) < 4.78 is 22.8. The fourth-order valence-electron chi connectivity index (χ4n) is 1.96. The van der Waals surface area contributed by atoms with Crippen LogP contribution in [0.5, 0.6) is 0 Å². The summed E-state index contributed by atoms with van der Waals surface area (Å²) in [5.74, 6) is -0.0759. The number of rotatable bonds is 2. The fraction of sp³-hybridized carbons (Fsp3) is 0.429. The van der Waals surface area contributed by atoms with E-state index in [9.17, 15) is 13.2 Å². The van der Waals surface area contributed by atoms with E-state index >= 15 is 0 Å². The Morgan fingerprint density at radius 2 is 1.76 bits per heavy atom. The molecule has 1 aromatic rings. The molecule has 0 saturated carbocycles. The van der Waals surface area contributed by atoms with Gasteiger partial charge in [-0.05, 0) is 38.0 Å². The molecule has 1 aliphatic heterocycles. The number of hydrogen-bond donors (Lipinski definition) is 0. The Labute approximate surface area is 142 Å². The zero-order chi connectivity index (χ0) is 15.2. The van der Waals surface area contributed by atoms with Gasteiger partial charge in [0.2, 0.25) is 0 Å². The minimum absolute atomic E-state index is 0. The molecule has 0 spiro atoms. The van der Waals surface area contributed by atoms with Crippen LogP contribution in [0.2, 0.25) is 0 Å². The molecule has 0 atom stereocenters. The number of likely N-dealkylation sites (tertiary alicyclic amines) is 1. The van der Waals surface area contributed by atoms with Crippen LogP contribution in [0.15, 0.2) is 29.2 Å². The van der Waals surface area contributed by atoms with Crippen LogP contribution in [0.1, 0.15) is 30.1 Å². The average Bonchev–Trinajstić information content (AvgIpc) is 2.92. The van der Waals surface area contributed by atoms with Crippen molar-refractivity contribution in [3.63, 3.8) is 0 Å². The van der Waals surface area contributed by atoms with Crippen molar-refractivity contribution in [1.82, 2.24) is 4.90 Å². The molecule has 1 amide bonds. The molecule has 5 nitrogen and oxygen atoms in total. The van der Waals surface area contributed by atoms with Crippen molar-refractivity contribution in [2.75, 3.05) is 19.3 Å². The van der Waals surface area contributed by atoms with Crippen molar-refractivity contribution in [2.45, 2.75) is 24.7 Å². The number of sulfone groups is 1. The summed E-state index contributed by atoms with van der Waals surface area (Å²) in [5.41, 5.74) is 0.454. The van der Waals surface area contributed by atoms with Gasteiger partial charge < -0.3 is 9.69 Å². The zero-order valence-electron chi connectivity index (χ0n) is 12.1. The van der Waals surface area contributed by atoms with Crippen molar-refractivity contribution in [3.05, 3.63) is 29.8 Å². The standard InChI is InChI=1S/C12H15NO3S.C2H4O.HI/c1-17(15,16)11-6-4-5-10(9-11)12(14)13-7-2-3-8-13;1-2-3;/h4-6,9H,2-3,7-8H2,1H3;2H,1H3;1H. The molecule has 0 bridgehead atoms. The molecule has 1 heterocycles. The second-order valence-electron chi connectivity index (χ2n) is 4.54. The van der Waals surface area contributed by atoms with Gasteiger partial charge in [0.25, 0.3) is 5.91 Å². The van der Waals surface area contributed by atoms with Crippen LogP contribution in [0.4, 0.5) is 0 Å². The summed E-state index contributed by atoms with van der Waals surface area (Å²) in [6, 6.07) is 6.24. The lowest BCUT2D eigenvalue weighted by Gasteiger charge is -2.15. The largest absolute Gasteiger partial charge is 0.339 e. The minimum Gasteiger partial charge on any atom is -0.339 e. The van der Waals surface area contributed by atoms with Gasteiger partial charge in [0.15, 0.2) is 9.84 Å². The summed E-state index contributed by atoms with van der Waals surface area (Å²) in [5, 5.41) is 0. The van der Waals surface area contributed by atoms with Crippen molar-refractivity contribution in [2.24, 2.45) is 0 Å². The van der Waals surface area contributed by atoms with Crippen LogP contribution >= 0.6 is 24.0 Å². The summed E-state index contributed by atoms with van der Waals surface area (Å²) in [6.45, 7) is 2.98. The van der Waals surface area contributed by atoms with E-state index in [2.05, 4.69) is 0 Å². The Bertz CT molecular complexity index is 580. The maximum atomic E-state index is 12.1. The van der Waals surface area contributed by atoms with Gasteiger partial charge in [0.1, 0.15) is 6.29 Å². The van der Waals surface area contributed by atoms with Crippen LogP contribution in [0.25, 0.3) is 0 Å². The molecule has 7 heteroatoms. The first-order valence-corrected chi connectivity index (χ1v) is 8.28. The third-order valence-corrected chi connectivity index (χ3v) is 4.01. The topological polar surface area (TPSA) is 71.5 Å². The molecule has 0 N–H and O–H groups in total. The van der Waals surface area contributed by atoms with E-state index in [0.29, 0.717) is 5.56 Å². The van der Waals surface area contributed by atoms with Crippen LogP contribution < -0.4 is 0 Å². The maximum Gasteiger partial charge on any atom is 0.253 e. The molecule has 0 aliphatic carbocycles.